The molecule has 3 atom stereocenters. The molecule has 0 saturated heterocycles. The maximum absolute atomic E-state index is 12.6. The third kappa shape index (κ3) is 6.44. The van der Waals surface area contributed by atoms with Gasteiger partial charge in [0, 0.05) is 0 Å². The van der Waals surface area contributed by atoms with Crippen LogP contribution in [-0.4, -0.2) is 56.3 Å². The molecule has 0 aliphatic rings. The number of hydrogen-bond donors (Lipinski definition) is 2. The van der Waals surface area contributed by atoms with Crippen molar-refractivity contribution in [3.05, 3.63) is 35.4 Å². The first-order valence-corrected chi connectivity index (χ1v) is 8.34. The van der Waals surface area contributed by atoms with Crippen LogP contribution < -0.4 is 5.32 Å². The molecular weight excluding hydrogens is 415 g/mol. The molecule has 30 heavy (non-hydrogen) atoms. The molecule has 0 radical (unpaired) electrons. The number of nitrogens with one attached hydrogen (secondary N) is 1. The van der Waals surface area contributed by atoms with Gasteiger partial charge in [0.2, 0.25) is 0 Å². The molecule has 0 spiro atoms. The van der Waals surface area contributed by atoms with Crippen LogP contribution in [0.3, 0.4) is 0 Å². The van der Waals surface area contributed by atoms with Crippen LogP contribution >= 0.6 is 0 Å². The summed E-state index contributed by atoms with van der Waals surface area (Å²) < 4.78 is 51.4. The number of carbonyl (C=O) groups excluding carboxylic acids is 4. The third-order valence-corrected chi connectivity index (χ3v) is 4.08. The first kappa shape index (κ1) is 24.9. The summed E-state index contributed by atoms with van der Waals surface area (Å²) in [6.07, 6.45) is -7.24. The zero-order chi connectivity index (χ0) is 23.1. The normalized spacial score (nSPS) is 14.1. The van der Waals surface area contributed by atoms with E-state index in [0.717, 1.165) is 33.5 Å². The van der Waals surface area contributed by atoms with Gasteiger partial charge < -0.3 is 24.6 Å². The summed E-state index contributed by atoms with van der Waals surface area (Å²) in [6, 6.07) is 1.35. The topological polar surface area (TPSA) is 128 Å². The van der Waals surface area contributed by atoms with Gasteiger partial charge in [0.05, 0.1) is 39.2 Å². The summed E-state index contributed by atoms with van der Waals surface area (Å²) in [6.45, 7) is 0. The van der Waals surface area contributed by atoms with Crippen molar-refractivity contribution >= 4 is 23.8 Å². The summed E-state index contributed by atoms with van der Waals surface area (Å²) in [5, 5.41) is 12.2. The monoisotopic (exact) mass is 435 g/mol. The van der Waals surface area contributed by atoms with E-state index in [1.807, 2.05) is 0 Å². The Morgan fingerprint density at radius 2 is 1.50 bits per heavy atom. The lowest BCUT2D eigenvalue weighted by atomic mass is 9.95. The SMILES string of the molecule is COC(=O)C[C@@H](C(=O)OC)[C@H](NC(=O)[C@H](O)c1ccc(C(F)(F)F)cc1)C(=O)OC. The highest BCUT2D eigenvalue weighted by molar-refractivity contribution is 5.92. The second-order valence-electron chi connectivity index (χ2n) is 5.94. The summed E-state index contributed by atoms with van der Waals surface area (Å²) in [5.41, 5.74) is -1.19. The van der Waals surface area contributed by atoms with E-state index in [1.54, 1.807) is 0 Å². The number of aliphatic hydroxyl groups excluding tert-OH is 1. The predicted molar refractivity (Wildman–Crippen MR) is 92.5 cm³/mol. The smallest absolute Gasteiger partial charge is 0.416 e. The number of rotatable bonds is 8. The molecule has 0 aliphatic heterocycles. The fraction of sp³-hybridized carbons (Fsp3) is 0.444. The Morgan fingerprint density at radius 1 is 0.967 bits per heavy atom. The van der Waals surface area contributed by atoms with Crippen LogP contribution in [0, 0.1) is 5.92 Å². The fourth-order valence-electron chi connectivity index (χ4n) is 2.44. The molecule has 1 amide bonds. The summed E-state index contributed by atoms with van der Waals surface area (Å²) in [4.78, 5) is 48.1. The van der Waals surface area contributed by atoms with Crippen LogP contribution in [0.5, 0.6) is 0 Å². The number of halogens is 3. The molecule has 0 fully saturated rings. The van der Waals surface area contributed by atoms with Crippen molar-refractivity contribution in [3.8, 4) is 0 Å². The zero-order valence-electron chi connectivity index (χ0n) is 16.2. The summed E-state index contributed by atoms with van der Waals surface area (Å²) in [5.74, 6) is -5.82. The highest BCUT2D eigenvalue weighted by atomic mass is 19.4. The molecule has 0 aromatic heterocycles. The molecular formula is C18H20F3NO8. The molecule has 0 aliphatic carbocycles. The van der Waals surface area contributed by atoms with Crippen LogP contribution in [0.4, 0.5) is 13.2 Å². The second kappa shape index (κ2) is 10.6. The molecule has 0 saturated carbocycles. The van der Waals surface area contributed by atoms with Crippen molar-refractivity contribution in [1.29, 1.82) is 0 Å². The van der Waals surface area contributed by atoms with Gasteiger partial charge in [0.1, 0.15) is 6.04 Å². The van der Waals surface area contributed by atoms with Crippen molar-refractivity contribution in [2.45, 2.75) is 24.7 Å². The Kier molecular flexibility index (Phi) is 8.77. The lowest BCUT2D eigenvalue weighted by molar-refractivity contribution is -0.159. The molecule has 9 nitrogen and oxygen atoms in total. The van der Waals surface area contributed by atoms with Gasteiger partial charge in [-0.25, -0.2) is 4.79 Å². The van der Waals surface area contributed by atoms with E-state index < -0.39 is 60.0 Å². The average molecular weight is 435 g/mol. The Morgan fingerprint density at radius 3 is 1.93 bits per heavy atom. The first-order valence-electron chi connectivity index (χ1n) is 8.34. The molecule has 0 heterocycles. The van der Waals surface area contributed by atoms with Crippen LogP contribution in [0.15, 0.2) is 24.3 Å². The minimum absolute atomic E-state index is 0.202. The van der Waals surface area contributed by atoms with Gasteiger partial charge >= 0.3 is 24.1 Å². The van der Waals surface area contributed by atoms with Crippen molar-refractivity contribution in [1.82, 2.24) is 5.32 Å². The molecule has 12 heteroatoms. The predicted octanol–water partition coefficient (Wildman–Crippen LogP) is 0.749. The average Bonchev–Trinajstić information content (AvgIpc) is 2.73. The van der Waals surface area contributed by atoms with E-state index >= 15 is 0 Å². The second-order valence-corrected chi connectivity index (χ2v) is 5.94. The van der Waals surface area contributed by atoms with E-state index in [-0.39, 0.29) is 5.56 Å². The number of ether oxygens (including phenoxy) is 3. The van der Waals surface area contributed by atoms with Gasteiger partial charge in [-0.15, -0.1) is 0 Å². The Labute approximate surface area is 169 Å². The molecule has 0 bridgehead atoms. The van der Waals surface area contributed by atoms with Gasteiger partial charge in [-0.2, -0.15) is 13.2 Å². The molecule has 166 valence electrons. The number of hydrogen-bond acceptors (Lipinski definition) is 8. The number of esters is 3. The summed E-state index contributed by atoms with van der Waals surface area (Å²) in [7, 11) is 2.98. The van der Waals surface area contributed by atoms with Crippen molar-refractivity contribution in [2.24, 2.45) is 5.92 Å². The van der Waals surface area contributed by atoms with E-state index in [9.17, 15) is 37.5 Å². The van der Waals surface area contributed by atoms with Crippen LogP contribution in [-0.2, 0) is 39.6 Å². The minimum atomic E-state index is -4.61. The third-order valence-electron chi connectivity index (χ3n) is 4.08. The van der Waals surface area contributed by atoms with Crippen molar-refractivity contribution in [3.63, 3.8) is 0 Å². The first-order chi connectivity index (χ1) is 14.0. The number of carbonyl (C=O) groups is 4. The Balaban J connectivity index is 3.10. The Hall–Kier alpha value is -3.15. The summed E-state index contributed by atoms with van der Waals surface area (Å²) >= 11 is 0. The fourth-order valence-corrected chi connectivity index (χ4v) is 2.44. The number of benzene rings is 1. The standard InChI is InChI=1S/C18H20F3NO8/c1-28-12(23)8-11(16(26)29-2)13(17(27)30-3)22-15(25)14(24)9-4-6-10(7-5-9)18(19,20)21/h4-7,11,13-14,24H,8H2,1-3H3,(H,22,25)/t11-,13+,14-/m1/s1. The lowest BCUT2D eigenvalue weighted by Crippen LogP contribution is -2.51. The quantitative estimate of drug-likeness (QED) is 0.452. The number of alkyl halides is 3. The van der Waals surface area contributed by atoms with Gasteiger partial charge in [-0.05, 0) is 17.7 Å². The molecule has 1 rings (SSSR count). The number of amides is 1. The number of methoxy groups -OCH3 is 3. The van der Waals surface area contributed by atoms with E-state index in [1.165, 1.54) is 0 Å². The minimum Gasteiger partial charge on any atom is -0.469 e. The molecule has 1 aromatic rings. The van der Waals surface area contributed by atoms with Gasteiger partial charge in [0.25, 0.3) is 5.91 Å². The van der Waals surface area contributed by atoms with Gasteiger partial charge in [-0.1, -0.05) is 12.1 Å². The maximum Gasteiger partial charge on any atom is 0.416 e. The highest BCUT2D eigenvalue weighted by Crippen LogP contribution is 2.30. The molecule has 0 unspecified atom stereocenters. The van der Waals surface area contributed by atoms with Gasteiger partial charge in [0.15, 0.2) is 6.10 Å². The lowest BCUT2D eigenvalue weighted by Gasteiger charge is -2.24. The van der Waals surface area contributed by atoms with Crippen molar-refractivity contribution in [2.75, 3.05) is 21.3 Å². The highest BCUT2D eigenvalue weighted by Gasteiger charge is 2.39. The largest absolute Gasteiger partial charge is 0.469 e. The van der Waals surface area contributed by atoms with E-state index in [0.29, 0.717) is 12.1 Å². The number of aliphatic hydroxyl groups is 1. The zero-order valence-corrected chi connectivity index (χ0v) is 16.2. The van der Waals surface area contributed by atoms with Crippen LogP contribution in [0.2, 0.25) is 0 Å². The molecule has 1 aromatic carbocycles. The molecule has 2 N–H and O–H groups in total. The maximum atomic E-state index is 12.6. The Bertz CT molecular complexity index is 779. The van der Waals surface area contributed by atoms with Crippen LogP contribution in [0.25, 0.3) is 0 Å². The van der Waals surface area contributed by atoms with E-state index in [2.05, 4.69) is 19.5 Å². The van der Waals surface area contributed by atoms with Crippen LogP contribution in [0.1, 0.15) is 23.7 Å². The van der Waals surface area contributed by atoms with Gasteiger partial charge in [-0.3, -0.25) is 14.4 Å². The van der Waals surface area contributed by atoms with E-state index in [4.69, 9.17) is 0 Å². The van der Waals surface area contributed by atoms with Crippen molar-refractivity contribution < 1.29 is 51.7 Å².